The van der Waals surface area contributed by atoms with Crippen LogP contribution in [0.5, 0.6) is 0 Å². The molecule has 0 aliphatic carbocycles. The monoisotopic (exact) mass is 571 g/mol. The lowest BCUT2D eigenvalue weighted by Gasteiger charge is -2.22. The number of rotatable bonds is 13. The SMILES string of the molecule is C=C/C(=C\C(=C/N)C(CNC(=C)/C(=C/C=C\C)C(=C)NC)CC(C)=O)c1c(C)cc(C#N)cc1C.C=CN.CC(C)C. The van der Waals surface area contributed by atoms with Gasteiger partial charge < -0.3 is 26.9 Å². The number of allylic oxidation sites excluding steroid dienone is 6. The van der Waals surface area contributed by atoms with Crippen LogP contribution >= 0.6 is 0 Å². The van der Waals surface area contributed by atoms with Crippen LogP contribution in [0, 0.1) is 37.0 Å². The molecule has 1 aromatic carbocycles. The van der Waals surface area contributed by atoms with Crippen molar-refractivity contribution in [2.24, 2.45) is 23.3 Å². The lowest BCUT2D eigenvalue weighted by Crippen LogP contribution is -2.27. The fraction of sp³-hybridized carbons (Fsp3) is 0.333. The molecule has 6 N–H and O–H groups in total. The van der Waals surface area contributed by atoms with Crippen molar-refractivity contribution in [3.05, 3.63) is 126 Å². The number of nitrogens with two attached hydrogens (primary N) is 2. The Morgan fingerprint density at radius 2 is 1.62 bits per heavy atom. The molecule has 0 fully saturated rings. The number of Topliss-reactive ketones (excluding diaryl/α,β-unsaturated/α-hetero) is 1. The molecule has 1 aromatic rings. The van der Waals surface area contributed by atoms with Gasteiger partial charge in [0.15, 0.2) is 0 Å². The Labute approximate surface area is 255 Å². The highest BCUT2D eigenvalue weighted by Crippen LogP contribution is 2.29. The molecule has 0 bridgehead atoms. The van der Waals surface area contributed by atoms with Gasteiger partial charge in [0.1, 0.15) is 5.78 Å². The predicted octanol–water partition coefficient (Wildman–Crippen LogP) is 7.27. The maximum absolute atomic E-state index is 12.1. The van der Waals surface area contributed by atoms with E-state index in [1.54, 1.807) is 19.2 Å². The third-order valence-electron chi connectivity index (χ3n) is 5.66. The second kappa shape index (κ2) is 22.2. The number of carbonyl (C=O) groups is 1. The molecule has 1 rings (SSSR count). The Kier molecular flexibility index (Phi) is 21.0. The van der Waals surface area contributed by atoms with Gasteiger partial charge in [-0.1, -0.05) is 71.4 Å². The van der Waals surface area contributed by atoms with E-state index in [1.165, 1.54) is 6.20 Å². The number of ketones is 1. The maximum Gasteiger partial charge on any atom is 0.130 e. The summed E-state index contributed by atoms with van der Waals surface area (Å²) in [6.45, 7) is 29.8. The summed E-state index contributed by atoms with van der Waals surface area (Å²) in [5.74, 6) is 0.708. The minimum Gasteiger partial charge on any atom is -0.405 e. The molecule has 6 heteroatoms. The fourth-order valence-electron chi connectivity index (χ4n) is 3.91. The number of aryl methyl sites for hydroxylation is 2. The number of likely N-dealkylation sites (N-methyl/N-ethyl adjacent to an activating group) is 1. The minimum atomic E-state index is -0.186. The first-order chi connectivity index (χ1) is 19.8. The number of benzene rings is 1. The van der Waals surface area contributed by atoms with Gasteiger partial charge in [-0.2, -0.15) is 5.26 Å². The summed E-state index contributed by atoms with van der Waals surface area (Å²) >= 11 is 0. The molecular weight excluding hydrogens is 518 g/mol. The van der Waals surface area contributed by atoms with Crippen LogP contribution in [-0.2, 0) is 4.79 Å². The molecular formula is C36H53N5O. The zero-order valence-corrected chi connectivity index (χ0v) is 27.1. The van der Waals surface area contributed by atoms with Crippen LogP contribution < -0.4 is 22.1 Å². The summed E-state index contributed by atoms with van der Waals surface area (Å²) in [6, 6.07) is 5.91. The van der Waals surface area contributed by atoms with Crippen LogP contribution in [0.1, 0.15) is 63.3 Å². The number of carbonyl (C=O) groups excluding carboxylic acids is 1. The van der Waals surface area contributed by atoms with Gasteiger partial charge in [0.05, 0.1) is 11.6 Å². The zero-order chi connectivity index (χ0) is 32.8. The van der Waals surface area contributed by atoms with Crippen LogP contribution in [0.2, 0.25) is 0 Å². The van der Waals surface area contributed by atoms with Crippen LogP contribution in [0.3, 0.4) is 0 Å². The van der Waals surface area contributed by atoms with Crippen LogP contribution in [0.4, 0.5) is 0 Å². The van der Waals surface area contributed by atoms with E-state index in [-0.39, 0.29) is 11.7 Å². The average molecular weight is 572 g/mol. The first-order valence-corrected chi connectivity index (χ1v) is 14.0. The maximum atomic E-state index is 12.1. The summed E-state index contributed by atoms with van der Waals surface area (Å²) in [5, 5.41) is 15.7. The molecule has 0 aliphatic rings. The van der Waals surface area contributed by atoms with Gasteiger partial charge in [-0.15, -0.1) is 0 Å². The lowest BCUT2D eigenvalue weighted by atomic mass is 9.88. The summed E-state index contributed by atoms with van der Waals surface area (Å²) in [7, 11) is 1.81. The van der Waals surface area contributed by atoms with E-state index in [0.29, 0.717) is 24.2 Å². The Hall–Kier alpha value is -4.50. The van der Waals surface area contributed by atoms with E-state index >= 15 is 0 Å². The van der Waals surface area contributed by atoms with Crippen molar-refractivity contribution in [2.45, 2.75) is 54.9 Å². The fourth-order valence-corrected chi connectivity index (χ4v) is 3.91. The van der Waals surface area contributed by atoms with Crippen molar-refractivity contribution in [1.82, 2.24) is 10.6 Å². The number of hydrogen-bond donors (Lipinski definition) is 4. The molecule has 0 aromatic heterocycles. The van der Waals surface area contributed by atoms with E-state index in [9.17, 15) is 10.1 Å². The molecule has 0 amide bonds. The second-order valence-electron chi connectivity index (χ2n) is 10.3. The van der Waals surface area contributed by atoms with Crippen molar-refractivity contribution < 1.29 is 4.79 Å². The Balaban J connectivity index is 0. The van der Waals surface area contributed by atoms with Crippen molar-refractivity contribution >= 4 is 11.4 Å². The van der Waals surface area contributed by atoms with Gasteiger partial charge in [0, 0.05) is 42.9 Å². The van der Waals surface area contributed by atoms with Gasteiger partial charge in [0.2, 0.25) is 0 Å². The molecule has 42 heavy (non-hydrogen) atoms. The van der Waals surface area contributed by atoms with Crippen molar-refractivity contribution in [3.8, 4) is 6.07 Å². The standard InChI is InChI=1S/C30H38N4O.C4H10.C2H5N/c1-9-11-12-29(23(6)33-8)24(7)34-19-28(15-22(5)35)27(18-32)16-26(10-2)30-20(3)13-25(17-31)14-21(30)4;1-4(2)3;1-2-3/h9-14,16,18,28,33-34H,2,6-7,15,19,32H2,1,3-5,8H3;4H,1-3H3;2H,1,3H2/b11-9-,26-16+,27-18+,29-12+;;. The summed E-state index contributed by atoms with van der Waals surface area (Å²) in [5.41, 5.74) is 18.2. The number of hydrogen-bond acceptors (Lipinski definition) is 6. The predicted molar refractivity (Wildman–Crippen MR) is 183 cm³/mol. The third-order valence-corrected chi connectivity index (χ3v) is 5.66. The van der Waals surface area contributed by atoms with Crippen LogP contribution in [0.15, 0.2) is 104 Å². The number of nitriles is 1. The largest absolute Gasteiger partial charge is 0.405 e. The lowest BCUT2D eigenvalue weighted by molar-refractivity contribution is -0.117. The highest BCUT2D eigenvalue weighted by atomic mass is 16.1. The van der Waals surface area contributed by atoms with Crippen molar-refractivity contribution in [1.29, 1.82) is 5.26 Å². The number of nitrogens with one attached hydrogen (secondary N) is 2. The van der Waals surface area contributed by atoms with Crippen LogP contribution in [0.25, 0.3) is 5.57 Å². The zero-order valence-electron chi connectivity index (χ0n) is 27.1. The van der Waals surface area contributed by atoms with Gasteiger partial charge in [-0.05, 0) is 92.1 Å². The van der Waals surface area contributed by atoms with E-state index < -0.39 is 0 Å². The summed E-state index contributed by atoms with van der Waals surface area (Å²) < 4.78 is 0. The molecule has 0 aliphatic heterocycles. The summed E-state index contributed by atoms with van der Waals surface area (Å²) in [4.78, 5) is 12.1. The van der Waals surface area contributed by atoms with Gasteiger partial charge in [0.25, 0.3) is 0 Å². The summed E-state index contributed by atoms with van der Waals surface area (Å²) in [6.07, 6.45) is 12.6. The van der Waals surface area contributed by atoms with Gasteiger partial charge in [-0.25, -0.2) is 0 Å². The van der Waals surface area contributed by atoms with E-state index in [1.807, 2.05) is 64.3 Å². The molecule has 0 saturated carbocycles. The first-order valence-electron chi connectivity index (χ1n) is 14.0. The number of nitrogens with zero attached hydrogens (tertiary/aromatic N) is 1. The van der Waals surface area contributed by atoms with Gasteiger partial charge in [-0.3, -0.25) is 0 Å². The molecule has 1 unspecified atom stereocenters. The van der Waals surface area contributed by atoms with Gasteiger partial charge >= 0.3 is 0 Å². The average Bonchev–Trinajstić information content (AvgIpc) is 2.92. The second-order valence-corrected chi connectivity index (χ2v) is 10.3. The molecule has 0 saturated heterocycles. The van der Waals surface area contributed by atoms with Crippen molar-refractivity contribution in [3.63, 3.8) is 0 Å². The quantitative estimate of drug-likeness (QED) is 0.185. The molecule has 1 atom stereocenters. The molecule has 0 heterocycles. The molecule has 6 nitrogen and oxygen atoms in total. The Morgan fingerprint density at radius 3 is 2.00 bits per heavy atom. The normalized spacial score (nSPS) is 12.1. The molecule has 0 spiro atoms. The smallest absolute Gasteiger partial charge is 0.130 e. The van der Waals surface area contributed by atoms with E-state index in [2.05, 4.69) is 69.5 Å². The van der Waals surface area contributed by atoms with E-state index in [0.717, 1.165) is 45.0 Å². The highest BCUT2D eigenvalue weighted by Gasteiger charge is 2.18. The Bertz CT molecular complexity index is 1210. The van der Waals surface area contributed by atoms with Crippen molar-refractivity contribution in [2.75, 3.05) is 13.6 Å². The highest BCUT2D eigenvalue weighted by molar-refractivity contribution is 5.81. The third kappa shape index (κ3) is 15.3. The Morgan fingerprint density at radius 1 is 1.10 bits per heavy atom. The van der Waals surface area contributed by atoms with E-state index in [4.69, 9.17) is 5.73 Å². The van der Waals surface area contributed by atoms with Crippen LogP contribution in [-0.4, -0.2) is 19.4 Å². The topological polar surface area (TPSA) is 117 Å². The molecule has 0 radical (unpaired) electrons. The first kappa shape index (κ1) is 39.6. The molecule has 228 valence electrons. The minimum absolute atomic E-state index is 0.0605.